The average Bonchev–Trinajstić information content (AvgIpc) is 2.14. The van der Waals surface area contributed by atoms with Crippen LogP contribution in [-0.2, 0) is 4.84 Å². The molecule has 2 heteroatoms. The molecule has 2 N–H and O–H groups in total. The Kier molecular flexibility index (Phi) is 4.02. The summed E-state index contributed by atoms with van der Waals surface area (Å²) in [6.45, 7) is 0. The van der Waals surface area contributed by atoms with Crippen LogP contribution in [0.3, 0.4) is 0 Å². The van der Waals surface area contributed by atoms with Gasteiger partial charge in [-0.1, -0.05) is 23.7 Å². The van der Waals surface area contributed by atoms with Crippen molar-refractivity contribution in [1.82, 2.24) is 0 Å². The molecule has 0 radical (unpaired) electrons. The molecule has 0 heterocycles. The Bertz CT molecular complexity index is 272. The molecule has 1 unspecified atom stereocenters. The lowest BCUT2D eigenvalue weighted by molar-refractivity contribution is 0.0860. The third-order valence-electron chi connectivity index (χ3n) is 1.53. The van der Waals surface area contributed by atoms with Gasteiger partial charge in [-0.25, -0.2) is 5.90 Å². The summed E-state index contributed by atoms with van der Waals surface area (Å²) in [5.41, 5.74) is 0. The summed E-state index contributed by atoms with van der Waals surface area (Å²) in [5.74, 6) is 16.6. The van der Waals surface area contributed by atoms with Crippen LogP contribution in [0, 0.1) is 23.7 Å². The first-order valence-electron chi connectivity index (χ1n) is 3.93. The zero-order valence-electron chi connectivity index (χ0n) is 6.84. The third-order valence-corrected chi connectivity index (χ3v) is 1.53. The summed E-state index contributed by atoms with van der Waals surface area (Å²) >= 11 is 0. The molecule has 62 valence electrons. The Morgan fingerprint density at radius 2 is 2.17 bits per heavy atom. The summed E-state index contributed by atoms with van der Waals surface area (Å²) in [5, 5.41) is 0. The van der Waals surface area contributed by atoms with Crippen molar-refractivity contribution >= 4 is 0 Å². The van der Waals surface area contributed by atoms with Crippen molar-refractivity contribution < 1.29 is 4.84 Å². The van der Waals surface area contributed by atoms with E-state index in [-0.39, 0.29) is 6.10 Å². The maximum absolute atomic E-state index is 5.05. The summed E-state index contributed by atoms with van der Waals surface area (Å²) < 4.78 is 0. The van der Waals surface area contributed by atoms with Crippen LogP contribution in [0.2, 0.25) is 0 Å². The molecule has 0 saturated heterocycles. The van der Waals surface area contributed by atoms with Gasteiger partial charge in [0.15, 0.2) is 0 Å². The van der Waals surface area contributed by atoms with Crippen LogP contribution in [-0.4, -0.2) is 6.10 Å². The van der Waals surface area contributed by atoms with E-state index in [4.69, 9.17) is 5.90 Å². The van der Waals surface area contributed by atoms with Crippen molar-refractivity contribution in [2.75, 3.05) is 0 Å². The second-order valence-corrected chi connectivity index (χ2v) is 2.46. The molecule has 0 aromatic heterocycles. The van der Waals surface area contributed by atoms with Crippen molar-refractivity contribution in [3.63, 3.8) is 0 Å². The second-order valence-electron chi connectivity index (χ2n) is 2.46. The highest BCUT2D eigenvalue weighted by molar-refractivity contribution is 5.26. The largest absolute Gasteiger partial charge is 0.288 e. The molecule has 0 aromatic rings. The van der Waals surface area contributed by atoms with Crippen molar-refractivity contribution in [3.05, 3.63) is 12.2 Å². The molecular formula is C10H11NO. The molecule has 0 aliphatic heterocycles. The van der Waals surface area contributed by atoms with Gasteiger partial charge in [-0.3, -0.25) is 4.84 Å². The number of rotatable bonds is 1. The lowest BCUT2D eigenvalue weighted by Crippen LogP contribution is -2.14. The van der Waals surface area contributed by atoms with Gasteiger partial charge in [0.1, 0.15) is 6.10 Å². The fourth-order valence-corrected chi connectivity index (χ4v) is 0.906. The third kappa shape index (κ3) is 3.25. The van der Waals surface area contributed by atoms with Gasteiger partial charge in [0.25, 0.3) is 0 Å². The van der Waals surface area contributed by atoms with Gasteiger partial charge in [0.2, 0.25) is 0 Å². The van der Waals surface area contributed by atoms with Gasteiger partial charge in [0, 0.05) is 6.42 Å². The minimum absolute atomic E-state index is 0.144. The molecule has 0 aromatic carbocycles. The zero-order valence-corrected chi connectivity index (χ0v) is 6.84. The van der Waals surface area contributed by atoms with Crippen molar-refractivity contribution in [3.8, 4) is 23.7 Å². The average molecular weight is 161 g/mol. The van der Waals surface area contributed by atoms with Crippen LogP contribution in [0.15, 0.2) is 12.2 Å². The fourth-order valence-electron chi connectivity index (χ4n) is 0.906. The van der Waals surface area contributed by atoms with E-state index in [1.807, 2.05) is 0 Å². The van der Waals surface area contributed by atoms with E-state index < -0.39 is 0 Å². The molecule has 0 bridgehead atoms. The molecule has 2 nitrogen and oxygen atoms in total. The van der Waals surface area contributed by atoms with Gasteiger partial charge in [0.05, 0.1) is 0 Å². The van der Waals surface area contributed by atoms with Gasteiger partial charge in [-0.15, -0.1) is 0 Å². The first-order valence-corrected chi connectivity index (χ1v) is 3.93. The number of hydrogen-bond donors (Lipinski definition) is 1. The Hall–Kier alpha value is -1.22. The monoisotopic (exact) mass is 161 g/mol. The Morgan fingerprint density at radius 1 is 1.33 bits per heavy atom. The maximum atomic E-state index is 5.05. The van der Waals surface area contributed by atoms with E-state index in [9.17, 15) is 0 Å². The zero-order chi connectivity index (χ0) is 8.65. The molecule has 0 spiro atoms. The number of allylic oxidation sites excluding steroid dienone is 2. The van der Waals surface area contributed by atoms with Gasteiger partial charge in [-0.2, -0.15) is 0 Å². The van der Waals surface area contributed by atoms with E-state index in [2.05, 4.69) is 28.5 Å². The number of nitrogens with two attached hydrogens (primary N) is 1. The van der Waals surface area contributed by atoms with E-state index >= 15 is 0 Å². The van der Waals surface area contributed by atoms with Crippen LogP contribution >= 0.6 is 0 Å². The van der Waals surface area contributed by atoms with Crippen molar-refractivity contribution in [2.24, 2.45) is 5.90 Å². The first kappa shape index (κ1) is 8.87. The van der Waals surface area contributed by atoms with E-state index in [1.54, 1.807) is 12.2 Å². The van der Waals surface area contributed by atoms with E-state index in [1.165, 1.54) is 0 Å². The SMILES string of the molecule is NOC1C#C/C=C\C#CCCC1. The van der Waals surface area contributed by atoms with Crippen LogP contribution in [0.25, 0.3) is 0 Å². The molecule has 0 saturated carbocycles. The van der Waals surface area contributed by atoms with E-state index in [0.29, 0.717) is 0 Å². The van der Waals surface area contributed by atoms with Crippen LogP contribution < -0.4 is 5.90 Å². The summed E-state index contributed by atoms with van der Waals surface area (Å²) in [7, 11) is 0. The van der Waals surface area contributed by atoms with Gasteiger partial charge < -0.3 is 0 Å². The second kappa shape index (κ2) is 5.43. The molecule has 1 aliphatic rings. The summed E-state index contributed by atoms with van der Waals surface area (Å²) in [6.07, 6.45) is 6.03. The molecule has 0 amide bonds. The van der Waals surface area contributed by atoms with Crippen LogP contribution in [0.5, 0.6) is 0 Å². The lowest BCUT2D eigenvalue weighted by Gasteiger charge is -2.05. The topological polar surface area (TPSA) is 35.2 Å². The normalized spacial score (nSPS) is 24.2. The smallest absolute Gasteiger partial charge is 0.139 e. The first-order chi connectivity index (χ1) is 5.93. The molecule has 0 fully saturated rings. The molecule has 12 heavy (non-hydrogen) atoms. The van der Waals surface area contributed by atoms with Crippen LogP contribution in [0.4, 0.5) is 0 Å². The molecule has 1 atom stereocenters. The van der Waals surface area contributed by atoms with Gasteiger partial charge >= 0.3 is 0 Å². The predicted molar refractivity (Wildman–Crippen MR) is 47.6 cm³/mol. The Balaban J connectivity index is 2.59. The number of hydrogen-bond acceptors (Lipinski definition) is 2. The standard InChI is InChI=1S/C10H11NO/c11-12-10-8-6-4-2-1-3-5-7-9-10/h2,4,10H,5,7,9,11H2/b4-2-. The van der Waals surface area contributed by atoms with Gasteiger partial charge in [-0.05, 0) is 25.0 Å². The van der Waals surface area contributed by atoms with Crippen molar-refractivity contribution in [1.29, 1.82) is 0 Å². The minimum atomic E-state index is -0.144. The van der Waals surface area contributed by atoms with E-state index in [0.717, 1.165) is 19.3 Å². The predicted octanol–water partition coefficient (Wildman–Crippen LogP) is 0.992. The highest BCUT2D eigenvalue weighted by Crippen LogP contribution is 2.02. The maximum Gasteiger partial charge on any atom is 0.139 e. The molecule has 1 rings (SSSR count). The Labute approximate surface area is 72.7 Å². The lowest BCUT2D eigenvalue weighted by atomic mass is 10.1. The Morgan fingerprint density at radius 3 is 3.00 bits per heavy atom. The van der Waals surface area contributed by atoms with Crippen molar-refractivity contribution in [2.45, 2.75) is 25.4 Å². The summed E-state index contributed by atoms with van der Waals surface area (Å²) in [6, 6.07) is 0. The highest BCUT2D eigenvalue weighted by atomic mass is 16.6. The highest BCUT2D eigenvalue weighted by Gasteiger charge is 2.01. The fraction of sp³-hybridized carbons (Fsp3) is 0.400. The van der Waals surface area contributed by atoms with Crippen LogP contribution in [0.1, 0.15) is 19.3 Å². The minimum Gasteiger partial charge on any atom is -0.288 e. The molecular weight excluding hydrogens is 150 g/mol. The quantitative estimate of drug-likeness (QED) is 0.460. The molecule has 1 aliphatic carbocycles. The summed E-state index contributed by atoms with van der Waals surface area (Å²) in [4.78, 5) is 4.67.